The largest absolute Gasteiger partial charge is 0.421 e. The molecule has 0 aliphatic carbocycles. The highest BCUT2D eigenvalue weighted by Gasteiger charge is 2.12. The van der Waals surface area contributed by atoms with Gasteiger partial charge in [-0.2, -0.15) is 11.3 Å². The van der Waals surface area contributed by atoms with Gasteiger partial charge < -0.3 is 15.1 Å². The van der Waals surface area contributed by atoms with Gasteiger partial charge in [-0.25, -0.2) is 0 Å². The number of carbonyl (C=O) groups excluding carboxylic acids is 2. The van der Waals surface area contributed by atoms with E-state index in [-0.39, 0.29) is 24.8 Å². The predicted octanol–water partition coefficient (Wildman–Crippen LogP) is 3.10. The van der Waals surface area contributed by atoms with Crippen molar-refractivity contribution in [3.8, 4) is 11.5 Å². The van der Waals surface area contributed by atoms with Crippen LogP contribution in [0.5, 0.6) is 0 Å². The molecule has 7 nitrogen and oxygen atoms in total. The molecule has 0 atom stereocenters. The number of aromatic nitrogens is 2. The van der Waals surface area contributed by atoms with Crippen LogP contribution in [0.1, 0.15) is 23.4 Å². The van der Waals surface area contributed by atoms with Crippen molar-refractivity contribution in [1.82, 2.24) is 15.5 Å². The maximum atomic E-state index is 12.1. The third kappa shape index (κ3) is 5.01. The van der Waals surface area contributed by atoms with Gasteiger partial charge in [0.25, 0.3) is 0 Å². The number of nitrogens with one attached hydrogen (secondary N) is 2. The summed E-state index contributed by atoms with van der Waals surface area (Å²) in [5.41, 5.74) is 3.61. The summed E-state index contributed by atoms with van der Waals surface area (Å²) >= 11 is 1.54. The average Bonchev–Trinajstić information content (AvgIpc) is 3.32. The summed E-state index contributed by atoms with van der Waals surface area (Å²) in [7, 11) is 0. The number of hydrogen-bond acceptors (Lipinski definition) is 6. The van der Waals surface area contributed by atoms with Crippen molar-refractivity contribution in [1.29, 1.82) is 0 Å². The molecule has 3 rings (SSSR count). The van der Waals surface area contributed by atoms with Gasteiger partial charge in [-0.1, -0.05) is 18.2 Å². The van der Waals surface area contributed by atoms with Gasteiger partial charge in [0, 0.05) is 29.5 Å². The molecule has 8 heteroatoms. The average molecular weight is 384 g/mol. The zero-order valence-electron chi connectivity index (χ0n) is 15.1. The number of anilines is 1. The fourth-order valence-electron chi connectivity index (χ4n) is 2.54. The van der Waals surface area contributed by atoms with Gasteiger partial charge in [0.15, 0.2) is 0 Å². The van der Waals surface area contributed by atoms with E-state index in [1.54, 1.807) is 11.3 Å². The van der Waals surface area contributed by atoms with E-state index in [2.05, 4.69) is 20.8 Å². The van der Waals surface area contributed by atoms with Crippen molar-refractivity contribution in [2.24, 2.45) is 0 Å². The lowest BCUT2D eigenvalue weighted by Crippen LogP contribution is -2.33. The Morgan fingerprint density at radius 3 is 2.59 bits per heavy atom. The summed E-state index contributed by atoms with van der Waals surface area (Å²) in [5.74, 6) is 0.325. The van der Waals surface area contributed by atoms with Crippen LogP contribution in [-0.4, -0.2) is 28.6 Å². The van der Waals surface area contributed by atoms with Gasteiger partial charge in [-0.05, 0) is 36.4 Å². The summed E-state index contributed by atoms with van der Waals surface area (Å²) in [6, 6.07) is 7.68. The molecule has 0 saturated carbocycles. The van der Waals surface area contributed by atoms with Gasteiger partial charge in [0.1, 0.15) is 0 Å². The number of benzene rings is 1. The van der Waals surface area contributed by atoms with Gasteiger partial charge in [0.2, 0.25) is 23.6 Å². The molecule has 0 fully saturated rings. The van der Waals surface area contributed by atoms with Gasteiger partial charge in [-0.3, -0.25) is 9.59 Å². The second kappa shape index (κ2) is 8.59. The van der Waals surface area contributed by atoms with Crippen LogP contribution in [0.4, 0.5) is 5.69 Å². The molecule has 0 unspecified atom stereocenters. The minimum Gasteiger partial charge on any atom is -0.421 e. The maximum absolute atomic E-state index is 12.1. The fourth-order valence-corrected chi connectivity index (χ4v) is 3.17. The van der Waals surface area contributed by atoms with Crippen molar-refractivity contribution in [2.75, 3.05) is 11.9 Å². The van der Waals surface area contributed by atoms with Crippen molar-refractivity contribution in [2.45, 2.75) is 26.7 Å². The molecule has 0 aliphatic heterocycles. The highest BCUT2D eigenvalue weighted by Crippen LogP contribution is 2.21. The summed E-state index contributed by atoms with van der Waals surface area (Å²) < 4.78 is 5.53. The molecule has 0 aliphatic rings. The quantitative estimate of drug-likeness (QED) is 0.652. The number of rotatable bonds is 7. The molecule has 27 heavy (non-hydrogen) atoms. The van der Waals surface area contributed by atoms with Crippen LogP contribution in [0.25, 0.3) is 11.5 Å². The Morgan fingerprint density at radius 1 is 1.11 bits per heavy atom. The van der Waals surface area contributed by atoms with Gasteiger partial charge in [-0.15, -0.1) is 10.2 Å². The third-order valence-corrected chi connectivity index (χ3v) is 4.68. The van der Waals surface area contributed by atoms with E-state index in [0.717, 1.165) is 22.4 Å². The van der Waals surface area contributed by atoms with E-state index in [1.807, 2.05) is 48.9 Å². The van der Waals surface area contributed by atoms with E-state index in [4.69, 9.17) is 4.42 Å². The van der Waals surface area contributed by atoms with Crippen molar-refractivity contribution >= 4 is 28.8 Å². The zero-order valence-corrected chi connectivity index (χ0v) is 15.9. The first-order valence-corrected chi connectivity index (χ1v) is 9.45. The first-order chi connectivity index (χ1) is 13.0. The minimum absolute atomic E-state index is 0.0867. The Hall–Kier alpha value is -3.00. The Labute approximate surface area is 160 Å². The van der Waals surface area contributed by atoms with E-state index < -0.39 is 0 Å². The Balaban J connectivity index is 1.44. The SMILES string of the molecule is Cc1cccc(C)c1NC(=O)CNC(=O)CCc1nnc(-c2ccsc2)o1. The van der Waals surface area contributed by atoms with Crippen LogP contribution in [0, 0.1) is 13.8 Å². The molecule has 140 valence electrons. The number of nitrogens with zero attached hydrogens (tertiary/aromatic N) is 2. The molecule has 3 aromatic rings. The van der Waals surface area contributed by atoms with Crippen molar-refractivity contribution < 1.29 is 14.0 Å². The second-order valence-electron chi connectivity index (χ2n) is 6.10. The zero-order chi connectivity index (χ0) is 19.2. The summed E-state index contributed by atoms with van der Waals surface area (Å²) in [6.07, 6.45) is 0.490. The normalized spacial score (nSPS) is 10.6. The number of amides is 2. The second-order valence-corrected chi connectivity index (χ2v) is 6.88. The molecule has 1 aromatic carbocycles. The van der Waals surface area contributed by atoms with Crippen LogP contribution >= 0.6 is 11.3 Å². The molecule has 0 radical (unpaired) electrons. The van der Waals surface area contributed by atoms with Gasteiger partial charge >= 0.3 is 0 Å². The summed E-state index contributed by atoms with van der Waals surface area (Å²) in [4.78, 5) is 24.0. The summed E-state index contributed by atoms with van der Waals surface area (Å²) in [6.45, 7) is 3.77. The Kier molecular flexibility index (Phi) is 5.97. The Bertz CT molecular complexity index is 914. The predicted molar refractivity (Wildman–Crippen MR) is 103 cm³/mol. The monoisotopic (exact) mass is 384 g/mol. The van der Waals surface area contributed by atoms with Crippen LogP contribution < -0.4 is 10.6 Å². The van der Waals surface area contributed by atoms with Crippen LogP contribution in [0.15, 0.2) is 39.4 Å². The van der Waals surface area contributed by atoms with Crippen LogP contribution in [-0.2, 0) is 16.0 Å². The highest BCUT2D eigenvalue weighted by atomic mass is 32.1. The highest BCUT2D eigenvalue weighted by molar-refractivity contribution is 7.08. The lowest BCUT2D eigenvalue weighted by Gasteiger charge is -2.11. The maximum Gasteiger partial charge on any atom is 0.248 e. The molecule has 0 bridgehead atoms. The van der Waals surface area contributed by atoms with Gasteiger partial charge in [0.05, 0.1) is 6.54 Å². The molecular formula is C19H20N4O3S. The molecule has 0 saturated heterocycles. The first-order valence-electron chi connectivity index (χ1n) is 8.50. The number of carbonyl (C=O) groups is 2. The van der Waals surface area contributed by atoms with Crippen LogP contribution in [0.2, 0.25) is 0 Å². The molecular weight excluding hydrogens is 364 g/mol. The van der Waals surface area contributed by atoms with E-state index >= 15 is 0 Å². The topological polar surface area (TPSA) is 97.1 Å². The van der Waals surface area contributed by atoms with E-state index in [1.165, 1.54) is 0 Å². The third-order valence-electron chi connectivity index (χ3n) is 3.99. The van der Waals surface area contributed by atoms with Crippen molar-refractivity contribution in [3.63, 3.8) is 0 Å². The minimum atomic E-state index is -0.265. The fraction of sp³-hybridized carbons (Fsp3) is 0.263. The summed E-state index contributed by atoms with van der Waals surface area (Å²) in [5, 5.41) is 17.2. The number of thiophene rings is 1. The lowest BCUT2D eigenvalue weighted by atomic mass is 10.1. The first kappa shape index (κ1) is 18.8. The number of hydrogen-bond donors (Lipinski definition) is 2. The molecule has 2 heterocycles. The van der Waals surface area contributed by atoms with Crippen molar-refractivity contribution in [3.05, 3.63) is 52.0 Å². The molecule has 2 N–H and O–H groups in total. The van der Waals surface area contributed by atoms with E-state index in [9.17, 15) is 9.59 Å². The number of aryl methyl sites for hydroxylation is 3. The molecule has 0 spiro atoms. The number of para-hydroxylation sites is 1. The standard InChI is InChI=1S/C19H20N4O3S/c1-12-4-3-5-13(2)18(12)21-16(25)10-20-15(24)6-7-17-22-23-19(26-17)14-8-9-27-11-14/h3-5,8-9,11H,6-7,10H2,1-2H3,(H,20,24)(H,21,25). The Morgan fingerprint density at radius 2 is 1.89 bits per heavy atom. The smallest absolute Gasteiger partial charge is 0.248 e. The van der Waals surface area contributed by atoms with E-state index in [0.29, 0.717) is 18.2 Å². The molecule has 2 amide bonds. The lowest BCUT2D eigenvalue weighted by molar-refractivity contribution is -0.124. The molecule has 2 aromatic heterocycles. The van der Waals surface area contributed by atoms with Crippen LogP contribution in [0.3, 0.4) is 0 Å².